The Hall–Kier alpha value is -0.670. The molecule has 1 nitrogen and oxygen atoms in total. The molecule has 0 heterocycles. The van der Waals surface area contributed by atoms with Crippen LogP contribution in [0.4, 0.5) is 8.78 Å². The zero-order valence-electron chi connectivity index (χ0n) is 9.27. The van der Waals surface area contributed by atoms with Gasteiger partial charge in [0, 0.05) is 24.5 Å². The highest BCUT2D eigenvalue weighted by atomic mass is 35.5. The molecule has 0 saturated carbocycles. The molecule has 1 aromatic carbocycles. The lowest BCUT2D eigenvalue weighted by molar-refractivity contribution is 0.483. The van der Waals surface area contributed by atoms with E-state index in [1.807, 2.05) is 0 Å². The van der Waals surface area contributed by atoms with E-state index in [4.69, 9.17) is 11.6 Å². The first-order chi connectivity index (χ1) is 7.65. The molecule has 1 N–H and O–H groups in total. The van der Waals surface area contributed by atoms with E-state index in [0.29, 0.717) is 24.0 Å². The van der Waals surface area contributed by atoms with Crippen molar-refractivity contribution in [3.8, 4) is 0 Å². The van der Waals surface area contributed by atoms with Gasteiger partial charge in [0.25, 0.3) is 0 Å². The van der Waals surface area contributed by atoms with E-state index in [1.54, 1.807) is 0 Å². The average molecular weight is 248 g/mol. The fourth-order valence-electron chi connectivity index (χ4n) is 1.56. The molecule has 4 heteroatoms. The van der Waals surface area contributed by atoms with Crippen molar-refractivity contribution < 1.29 is 8.78 Å². The highest BCUT2D eigenvalue weighted by molar-refractivity contribution is 6.17. The van der Waals surface area contributed by atoms with E-state index in [0.717, 1.165) is 18.9 Å². The van der Waals surface area contributed by atoms with Crippen molar-refractivity contribution >= 4 is 11.6 Å². The smallest absolute Gasteiger partial charge is 0.126 e. The molecule has 0 spiro atoms. The largest absolute Gasteiger partial charge is 0.310 e. The van der Waals surface area contributed by atoms with E-state index in [1.165, 1.54) is 12.1 Å². The van der Waals surface area contributed by atoms with E-state index >= 15 is 0 Å². The highest BCUT2D eigenvalue weighted by Gasteiger charge is 2.06. The Balaban J connectivity index is 2.52. The summed E-state index contributed by atoms with van der Waals surface area (Å²) in [6.45, 7) is 2.51. The van der Waals surface area contributed by atoms with Gasteiger partial charge in [0.05, 0.1) is 0 Å². The lowest BCUT2D eigenvalue weighted by Gasteiger charge is -2.15. The first-order valence-corrected chi connectivity index (χ1v) is 5.93. The third-order valence-corrected chi connectivity index (χ3v) is 2.69. The summed E-state index contributed by atoms with van der Waals surface area (Å²) >= 11 is 5.65. The maximum atomic E-state index is 12.9. The van der Waals surface area contributed by atoms with Gasteiger partial charge in [-0.2, -0.15) is 0 Å². The predicted molar refractivity (Wildman–Crippen MR) is 62.6 cm³/mol. The van der Waals surface area contributed by atoms with Crippen LogP contribution in [0.5, 0.6) is 0 Å². The van der Waals surface area contributed by atoms with Crippen molar-refractivity contribution in [2.24, 2.45) is 0 Å². The topological polar surface area (TPSA) is 12.0 Å². The van der Waals surface area contributed by atoms with Crippen LogP contribution in [0.1, 0.15) is 25.3 Å². The molecule has 0 amide bonds. The van der Waals surface area contributed by atoms with Crippen molar-refractivity contribution in [3.63, 3.8) is 0 Å². The van der Waals surface area contributed by atoms with Crippen molar-refractivity contribution in [1.29, 1.82) is 0 Å². The Labute approximate surface area is 99.8 Å². The van der Waals surface area contributed by atoms with Crippen LogP contribution < -0.4 is 5.32 Å². The van der Waals surface area contributed by atoms with Crippen LogP contribution in [0.2, 0.25) is 0 Å². The van der Waals surface area contributed by atoms with Gasteiger partial charge in [-0.15, -0.1) is 11.6 Å². The number of benzene rings is 1. The van der Waals surface area contributed by atoms with E-state index in [-0.39, 0.29) is 0 Å². The molecule has 0 aromatic heterocycles. The molecule has 90 valence electrons. The summed E-state index contributed by atoms with van der Waals surface area (Å²) in [6.07, 6.45) is 1.81. The Morgan fingerprint density at radius 3 is 2.38 bits per heavy atom. The second-order valence-corrected chi connectivity index (χ2v) is 4.12. The summed E-state index contributed by atoms with van der Waals surface area (Å²) in [4.78, 5) is 0. The molecule has 0 saturated heterocycles. The fourth-order valence-corrected chi connectivity index (χ4v) is 1.82. The van der Waals surface area contributed by atoms with Crippen LogP contribution in [0.25, 0.3) is 0 Å². The van der Waals surface area contributed by atoms with Crippen LogP contribution in [-0.4, -0.2) is 11.9 Å². The standard InChI is InChI=1S/C12H16ClF2N/c1-2-12(3-4-13)16-8-9-5-10(14)7-11(15)6-9/h5-7,12,16H,2-4,8H2,1H3. The molecule has 1 rings (SSSR count). The number of hydrogen-bond donors (Lipinski definition) is 1. The van der Waals surface area contributed by atoms with E-state index < -0.39 is 11.6 Å². The Bertz CT molecular complexity index is 311. The second-order valence-electron chi connectivity index (χ2n) is 3.74. The summed E-state index contributed by atoms with van der Waals surface area (Å²) in [7, 11) is 0. The Kier molecular flexibility index (Phi) is 5.71. The first kappa shape index (κ1) is 13.4. The lowest BCUT2D eigenvalue weighted by atomic mass is 10.1. The zero-order chi connectivity index (χ0) is 12.0. The molecule has 1 aromatic rings. The molecule has 0 aliphatic rings. The number of nitrogens with one attached hydrogen (secondary N) is 1. The number of hydrogen-bond acceptors (Lipinski definition) is 1. The molecule has 0 aliphatic carbocycles. The van der Waals surface area contributed by atoms with Gasteiger partial charge in [-0.1, -0.05) is 6.92 Å². The quantitative estimate of drug-likeness (QED) is 0.759. The molecule has 16 heavy (non-hydrogen) atoms. The van der Waals surface area contributed by atoms with Gasteiger partial charge in [-0.05, 0) is 30.5 Å². The first-order valence-electron chi connectivity index (χ1n) is 5.40. The maximum absolute atomic E-state index is 12.9. The predicted octanol–water partition coefficient (Wildman–Crippen LogP) is 3.46. The van der Waals surface area contributed by atoms with Crippen LogP contribution in [0, 0.1) is 11.6 Å². The molecule has 0 fully saturated rings. The fraction of sp³-hybridized carbons (Fsp3) is 0.500. The van der Waals surface area contributed by atoms with Gasteiger partial charge < -0.3 is 5.32 Å². The Morgan fingerprint density at radius 2 is 1.88 bits per heavy atom. The van der Waals surface area contributed by atoms with Crippen molar-refractivity contribution in [1.82, 2.24) is 5.32 Å². The third kappa shape index (κ3) is 4.45. The summed E-state index contributed by atoms with van der Waals surface area (Å²) in [5, 5.41) is 3.22. The van der Waals surface area contributed by atoms with Crippen LogP contribution >= 0.6 is 11.6 Å². The Morgan fingerprint density at radius 1 is 1.25 bits per heavy atom. The zero-order valence-corrected chi connectivity index (χ0v) is 10.0. The van der Waals surface area contributed by atoms with Gasteiger partial charge in [-0.25, -0.2) is 8.78 Å². The maximum Gasteiger partial charge on any atom is 0.126 e. The minimum absolute atomic E-state index is 0.295. The number of halogens is 3. The van der Waals surface area contributed by atoms with Crippen molar-refractivity contribution in [2.45, 2.75) is 32.4 Å². The number of alkyl halides is 1. The molecule has 1 atom stereocenters. The molecule has 0 aliphatic heterocycles. The van der Waals surface area contributed by atoms with E-state index in [2.05, 4.69) is 12.2 Å². The number of rotatable bonds is 6. The monoisotopic (exact) mass is 247 g/mol. The molecular weight excluding hydrogens is 232 g/mol. The summed E-state index contributed by atoms with van der Waals surface area (Å²) < 4.78 is 25.8. The minimum atomic E-state index is -0.540. The van der Waals surface area contributed by atoms with Gasteiger partial charge >= 0.3 is 0 Å². The van der Waals surface area contributed by atoms with Crippen LogP contribution in [0.15, 0.2) is 18.2 Å². The van der Waals surface area contributed by atoms with Crippen molar-refractivity contribution in [2.75, 3.05) is 5.88 Å². The van der Waals surface area contributed by atoms with Gasteiger partial charge in [0.15, 0.2) is 0 Å². The molecule has 1 unspecified atom stereocenters. The third-order valence-electron chi connectivity index (χ3n) is 2.47. The van der Waals surface area contributed by atoms with Crippen LogP contribution in [0.3, 0.4) is 0 Å². The highest BCUT2D eigenvalue weighted by Crippen LogP contribution is 2.09. The molecule has 0 radical (unpaired) electrons. The van der Waals surface area contributed by atoms with Crippen LogP contribution in [-0.2, 0) is 6.54 Å². The van der Waals surface area contributed by atoms with Crippen molar-refractivity contribution in [3.05, 3.63) is 35.4 Å². The van der Waals surface area contributed by atoms with Gasteiger partial charge in [0.2, 0.25) is 0 Å². The molecule has 0 bridgehead atoms. The summed E-state index contributed by atoms with van der Waals surface area (Å²) in [5.41, 5.74) is 0.616. The van der Waals surface area contributed by atoms with E-state index in [9.17, 15) is 8.78 Å². The summed E-state index contributed by atoms with van der Waals surface area (Å²) in [6, 6.07) is 3.84. The average Bonchev–Trinajstić information content (AvgIpc) is 2.23. The summed E-state index contributed by atoms with van der Waals surface area (Å²) in [5.74, 6) is -0.493. The van der Waals surface area contributed by atoms with Gasteiger partial charge in [0.1, 0.15) is 11.6 Å². The lowest BCUT2D eigenvalue weighted by Crippen LogP contribution is -2.28. The van der Waals surface area contributed by atoms with Gasteiger partial charge in [-0.3, -0.25) is 0 Å². The SMILES string of the molecule is CCC(CCCl)NCc1cc(F)cc(F)c1. The normalized spacial score (nSPS) is 12.8. The minimum Gasteiger partial charge on any atom is -0.310 e. The molecular formula is C12H16ClF2N. The second kappa shape index (κ2) is 6.81.